The van der Waals surface area contributed by atoms with E-state index in [4.69, 9.17) is 10.00 Å². The van der Waals surface area contributed by atoms with E-state index in [0.717, 1.165) is 5.56 Å². The molecule has 1 aliphatic rings. The molecular weight excluding hydrogens is 228 g/mol. The van der Waals surface area contributed by atoms with Crippen LogP contribution in [-0.4, -0.2) is 11.0 Å². The van der Waals surface area contributed by atoms with Crippen molar-refractivity contribution in [3.8, 4) is 6.07 Å². The van der Waals surface area contributed by atoms with E-state index in [1.54, 1.807) is 12.3 Å². The van der Waals surface area contributed by atoms with Crippen LogP contribution < -0.4 is 0 Å². The molecule has 0 saturated heterocycles. The zero-order valence-corrected chi connectivity index (χ0v) is 9.74. The Labute approximate surface area is 105 Å². The first-order valence-electron chi connectivity index (χ1n) is 5.56. The number of hydrogen-bond donors (Lipinski definition) is 0. The Bertz CT molecular complexity index is 526. The molecule has 1 aliphatic heterocycles. The van der Waals surface area contributed by atoms with Crippen molar-refractivity contribution in [3.05, 3.63) is 59.9 Å². The molecule has 0 saturated carbocycles. The van der Waals surface area contributed by atoms with Gasteiger partial charge in [0.1, 0.15) is 6.61 Å². The summed E-state index contributed by atoms with van der Waals surface area (Å²) in [5, 5.41) is 8.77. The van der Waals surface area contributed by atoms with Crippen molar-refractivity contribution in [2.24, 2.45) is 0 Å². The standard InChI is InChI=1S/C14H12N2O2/c15-9-13-7-4-8-16(10-13)14(17)18-11-12-5-2-1-3-6-12/h1-6,8,10H,7,11H2. The third kappa shape index (κ3) is 2.98. The topological polar surface area (TPSA) is 53.3 Å². The van der Waals surface area contributed by atoms with Gasteiger partial charge in [-0.05, 0) is 5.56 Å². The highest BCUT2D eigenvalue weighted by Crippen LogP contribution is 2.12. The van der Waals surface area contributed by atoms with Crippen molar-refractivity contribution >= 4 is 6.09 Å². The van der Waals surface area contributed by atoms with E-state index in [1.165, 1.54) is 11.1 Å². The molecule has 1 heterocycles. The molecule has 4 nitrogen and oxygen atoms in total. The molecule has 1 aromatic carbocycles. The minimum Gasteiger partial charge on any atom is -0.444 e. The van der Waals surface area contributed by atoms with E-state index in [2.05, 4.69) is 0 Å². The van der Waals surface area contributed by atoms with Crippen LogP contribution in [0.4, 0.5) is 4.79 Å². The van der Waals surface area contributed by atoms with Crippen LogP contribution in [0.2, 0.25) is 0 Å². The molecule has 2 rings (SSSR count). The molecule has 1 amide bonds. The quantitative estimate of drug-likeness (QED) is 0.798. The number of carbonyl (C=O) groups excluding carboxylic acids is 1. The zero-order valence-electron chi connectivity index (χ0n) is 9.74. The number of hydrogen-bond acceptors (Lipinski definition) is 3. The van der Waals surface area contributed by atoms with Crippen LogP contribution in [0.15, 0.2) is 54.4 Å². The number of allylic oxidation sites excluding steroid dienone is 2. The van der Waals surface area contributed by atoms with E-state index in [1.807, 2.05) is 36.4 Å². The number of rotatable bonds is 2. The molecule has 0 fully saturated rings. The Morgan fingerprint density at radius 3 is 2.89 bits per heavy atom. The van der Waals surface area contributed by atoms with E-state index in [9.17, 15) is 4.79 Å². The van der Waals surface area contributed by atoms with Crippen LogP contribution in [0, 0.1) is 11.3 Å². The van der Waals surface area contributed by atoms with Gasteiger partial charge in [0.15, 0.2) is 0 Å². The molecule has 0 aromatic heterocycles. The van der Waals surface area contributed by atoms with Crippen molar-refractivity contribution in [3.63, 3.8) is 0 Å². The molecule has 0 atom stereocenters. The van der Waals surface area contributed by atoms with Gasteiger partial charge in [-0.25, -0.2) is 4.79 Å². The monoisotopic (exact) mass is 240 g/mol. The predicted octanol–water partition coefficient (Wildman–Crippen LogP) is 2.95. The number of benzene rings is 1. The summed E-state index contributed by atoms with van der Waals surface area (Å²) >= 11 is 0. The molecule has 0 spiro atoms. The highest BCUT2D eigenvalue weighted by molar-refractivity contribution is 5.71. The van der Waals surface area contributed by atoms with Crippen LogP contribution in [0.25, 0.3) is 0 Å². The molecule has 18 heavy (non-hydrogen) atoms. The first-order chi connectivity index (χ1) is 8.79. The lowest BCUT2D eigenvalue weighted by Gasteiger charge is -2.17. The Balaban J connectivity index is 1.93. The van der Waals surface area contributed by atoms with Crippen LogP contribution >= 0.6 is 0 Å². The maximum atomic E-state index is 11.7. The molecule has 90 valence electrons. The first kappa shape index (κ1) is 11.9. The van der Waals surface area contributed by atoms with Crippen molar-refractivity contribution in [1.82, 2.24) is 4.90 Å². The number of nitrogens with zero attached hydrogens (tertiary/aromatic N) is 2. The lowest BCUT2D eigenvalue weighted by atomic mass is 10.2. The number of nitriles is 1. The fourth-order valence-electron chi connectivity index (χ4n) is 1.54. The number of amides is 1. The Morgan fingerprint density at radius 2 is 2.17 bits per heavy atom. The fraction of sp³-hybridized carbons (Fsp3) is 0.143. The molecule has 0 unspecified atom stereocenters. The van der Waals surface area contributed by atoms with Gasteiger partial charge >= 0.3 is 6.09 Å². The Morgan fingerprint density at radius 1 is 1.39 bits per heavy atom. The summed E-state index contributed by atoms with van der Waals surface area (Å²) in [6.07, 6.45) is 4.92. The molecule has 0 N–H and O–H groups in total. The maximum Gasteiger partial charge on any atom is 0.418 e. The van der Waals surface area contributed by atoms with Gasteiger partial charge < -0.3 is 4.74 Å². The normalized spacial score (nSPS) is 13.7. The largest absolute Gasteiger partial charge is 0.444 e. The van der Waals surface area contributed by atoms with Gasteiger partial charge in [0.05, 0.1) is 11.6 Å². The van der Waals surface area contributed by atoms with Crippen LogP contribution in [0.3, 0.4) is 0 Å². The van der Waals surface area contributed by atoms with Gasteiger partial charge in [0.25, 0.3) is 0 Å². The minimum absolute atomic E-state index is 0.222. The average molecular weight is 240 g/mol. The zero-order chi connectivity index (χ0) is 12.8. The molecule has 0 aliphatic carbocycles. The number of carbonyl (C=O) groups is 1. The summed E-state index contributed by atoms with van der Waals surface area (Å²) in [6.45, 7) is 0.222. The van der Waals surface area contributed by atoms with Gasteiger partial charge in [-0.15, -0.1) is 0 Å². The molecule has 4 heteroatoms. The smallest absolute Gasteiger partial charge is 0.418 e. The lowest BCUT2D eigenvalue weighted by molar-refractivity contribution is 0.120. The highest BCUT2D eigenvalue weighted by atomic mass is 16.6. The van der Waals surface area contributed by atoms with E-state index in [-0.39, 0.29) is 6.61 Å². The first-order valence-corrected chi connectivity index (χ1v) is 5.56. The highest BCUT2D eigenvalue weighted by Gasteiger charge is 2.13. The average Bonchev–Trinajstić information content (AvgIpc) is 2.46. The van der Waals surface area contributed by atoms with Crippen molar-refractivity contribution in [2.75, 3.05) is 0 Å². The third-order valence-electron chi connectivity index (χ3n) is 2.46. The Kier molecular flexibility index (Phi) is 3.77. The van der Waals surface area contributed by atoms with Gasteiger partial charge in [0, 0.05) is 18.8 Å². The predicted molar refractivity (Wildman–Crippen MR) is 65.9 cm³/mol. The second kappa shape index (κ2) is 5.69. The minimum atomic E-state index is -0.484. The summed E-state index contributed by atoms with van der Waals surface area (Å²) in [7, 11) is 0. The van der Waals surface area contributed by atoms with Gasteiger partial charge in [-0.1, -0.05) is 36.4 Å². The third-order valence-corrected chi connectivity index (χ3v) is 2.46. The number of ether oxygens (including phenoxy) is 1. The maximum absolute atomic E-state index is 11.7. The molecule has 1 aromatic rings. The van der Waals surface area contributed by atoms with Crippen molar-refractivity contribution in [1.29, 1.82) is 5.26 Å². The molecule has 0 bridgehead atoms. The van der Waals surface area contributed by atoms with Crippen molar-refractivity contribution < 1.29 is 9.53 Å². The van der Waals surface area contributed by atoms with E-state index in [0.29, 0.717) is 12.0 Å². The SMILES string of the molecule is N#CC1=CN(C(=O)OCc2ccccc2)C=CC1. The fourth-order valence-corrected chi connectivity index (χ4v) is 1.54. The van der Waals surface area contributed by atoms with Crippen LogP contribution in [-0.2, 0) is 11.3 Å². The second-order valence-electron chi connectivity index (χ2n) is 3.80. The van der Waals surface area contributed by atoms with Crippen molar-refractivity contribution in [2.45, 2.75) is 13.0 Å². The van der Waals surface area contributed by atoms with Crippen LogP contribution in [0.1, 0.15) is 12.0 Å². The summed E-state index contributed by atoms with van der Waals surface area (Å²) < 4.78 is 5.14. The molecule has 0 radical (unpaired) electrons. The second-order valence-corrected chi connectivity index (χ2v) is 3.80. The van der Waals surface area contributed by atoms with Gasteiger partial charge in [0.2, 0.25) is 0 Å². The van der Waals surface area contributed by atoms with Gasteiger partial charge in [-0.3, -0.25) is 4.90 Å². The summed E-state index contributed by atoms with van der Waals surface area (Å²) in [5.41, 5.74) is 1.46. The Hall–Kier alpha value is -2.54. The summed E-state index contributed by atoms with van der Waals surface area (Å²) in [5.74, 6) is 0. The van der Waals surface area contributed by atoms with Gasteiger partial charge in [-0.2, -0.15) is 5.26 Å². The van der Waals surface area contributed by atoms with E-state index < -0.39 is 6.09 Å². The molecular formula is C14H12N2O2. The lowest BCUT2D eigenvalue weighted by Crippen LogP contribution is -2.23. The van der Waals surface area contributed by atoms with E-state index >= 15 is 0 Å². The summed E-state index contributed by atoms with van der Waals surface area (Å²) in [6, 6.07) is 11.5. The van der Waals surface area contributed by atoms with Crippen LogP contribution in [0.5, 0.6) is 0 Å². The summed E-state index contributed by atoms with van der Waals surface area (Å²) in [4.78, 5) is 13.0.